The van der Waals surface area contributed by atoms with Crippen molar-refractivity contribution in [2.75, 3.05) is 20.8 Å². The summed E-state index contributed by atoms with van der Waals surface area (Å²) in [6, 6.07) is 13.3. The van der Waals surface area contributed by atoms with Crippen LogP contribution in [0.25, 0.3) is 11.3 Å². The van der Waals surface area contributed by atoms with Gasteiger partial charge in [-0.15, -0.1) is 0 Å². The van der Waals surface area contributed by atoms with E-state index < -0.39 is 0 Å². The average molecular weight is 381 g/mol. The zero-order chi connectivity index (χ0) is 19.5. The van der Waals surface area contributed by atoms with E-state index in [1.165, 1.54) is 18.7 Å². The first-order chi connectivity index (χ1) is 13.7. The summed E-state index contributed by atoms with van der Waals surface area (Å²) in [5.74, 6) is 1.08. The Hall–Kier alpha value is -2.86. The Morgan fingerprint density at radius 3 is 2.82 bits per heavy atom. The Morgan fingerprint density at radius 2 is 2.04 bits per heavy atom. The lowest BCUT2D eigenvalue weighted by Gasteiger charge is -2.26. The van der Waals surface area contributed by atoms with Crippen LogP contribution in [-0.4, -0.2) is 35.9 Å². The van der Waals surface area contributed by atoms with Crippen LogP contribution in [0.1, 0.15) is 30.0 Å². The molecule has 146 valence electrons. The van der Waals surface area contributed by atoms with Gasteiger partial charge >= 0.3 is 0 Å². The molecule has 0 saturated carbocycles. The highest BCUT2D eigenvalue weighted by atomic mass is 19.1. The highest BCUT2D eigenvalue weighted by Crippen LogP contribution is 2.38. The molecule has 1 fully saturated rings. The Kier molecular flexibility index (Phi) is 5.30. The fourth-order valence-electron chi connectivity index (χ4n) is 4.02. The highest BCUT2D eigenvalue weighted by Gasteiger charge is 2.29. The van der Waals surface area contributed by atoms with Crippen molar-refractivity contribution in [1.29, 1.82) is 0 Å². The highest BCUT2D eigenvalue weighted by molar-refractivity contribution is 5.64. The van der Waals surface area contributed by atoms with Crippen LogP contribution in [0.2, 0.25) is 0 Å². The van der Waals surface area contributed by atoms with Crippen molar-refractivity contribution in [2.24, 2.45) is 0 Å². The van der Waals surface area contributed by atoms with Gasteiger partial charge in [-0.2, -0.15) is 5.10 Å². The largest absolute Gasteiger partial charge is 0.497 e. The lowest BCUT2D eigenvalue weighted by molar-refractivity contribution is 0.243. The van der Waals surface area contributed by atoms with E-state index in [2.05, 4.69) is 21.2 Å². The number of aromatic nitrogens is 2. The van der Waals surface area contributed by atoms with Crippen LogP contribution >= 0.6 is 0 Å². The van der Waals surface area contributed by atoms with Crippen LogP contribution < -0.4 is 9.47 Å². The quantitative estimate of drug-likeness (QED) is 0.680. The monoisotopic (exact) mass is 381 g/mol. The van der Waals surface area contributed by atoms with Gasteiger partial charge in [-0.1, -0.05) is 18.2 Å². The molecule has 6 heteroatoms. The number of hydrogen-bond donors (Lipinski definition) is 1. The molecule has 28 heavy (non-hydrogen) atoms. The fraction of sp³-hybridized carbons (Fsp3) is 0.318. The Morgan fingerprint density at radius 1 is 1.18 bits per heavy atom. The van der Waals surface area contributed by atoms with Gasteiger partial charge in [-0.05, 0) is 37.6 Å². The van der Waals surface area contributed by atoms with Gasteiger partial charge in [0.15, 0.2) is 0 Å². The van der Waals surface area contributed by atoms with E-state index >= 15 is 0 Å². The zero-order valence-corrected chi connectivity index (χ0v) is 16.1. The van der Waals surface area contributed by atoms with E-state index in [0.717, 1.165) is 30.7 Å². The van der Waals surface area contributed by atoms with Gasteiger partial charge in [-0.3, -0.25) is 10.00 Å². The number of halogens is 1. The summed E-state index contributed by atoms with van der Waals surface area (Å²) >= 11 is 0. The number of likely N-dealkylation sites (tertiary alicyclic amines) is 1. The van der Waals surface area contributed by atoms with Gasteiger partial charge in [0, 0.05) is 35.3 Å². The van der Waals surface area contributed by atoms with Gasteiger partial charge in [0.05, 0.1) is 26.1 Å². The topological polar surface area (TPSA) is 50.4 Å². The van der Waals surface area contributed by atoms with Crippen molar-refractivity contribution >= 4 is 0 Å². The van der Waals surface area contributed by atoms with Crippen LogP contribution in [-0.2, 0) is 6.54 Å². The SMILES string of the molecule is COc1ccc(-c2[nH]ncc2CN2CCCC2c2ccccc2OC)c(F)c1. The van der Waals surface area contributed by atoms with Gasteiger partial charge in [0.1, 0.15) is 17.3 Å². The lowest BCUT2D eigenvalue weighted by Crippen LogP contribution is -2.23. The number of para-hydroxylation sites is 1. The summed E-state index contributed by atoms with van der Waals surface area (Å²) in [6.45, 7) is 1.68. The smallest absolute Gasteiger partial charge is 0.136 e. The summed E-state index contributed by atoms with van der Waals surface area (Å²) < 4.78 is 25.2. The van der Waals surface area contributed by atoms with Crippen molar-refractivity contribution in [1.82, 2.24) is 15.1 Å². The zero-order valence-electron chi connectivity index (χ0n) is 16.1. The number of methoxy groups -OCH3 is 2. The first-order valence-corrected chi connectivity index (χ1v) is 9.44. The van der Waals surface area contributed by atoms with Crippen molar-refractivity contribution < 1.29 is 13.9 Å². The molecule has 1 unspecified atom stereocenters. The van der Waals surface area contributed by atoms with E-state index in [0.29, 0.717) is 23.6 Å². The Labute approximate surface area is 164 Å². The molecule has 1 atom stereocenters. The molecule has 0 radical (unpaired) electrons. The number of nitrogens with one attached hydrogen (secondary N) is 1. The molecule has 2 aromatic carbocycles. The first kappa shape index (κ1) is 18.5. The third-order valence-corrected chi connectivity index (χ3v) is 5.40. The second kappa shape index (κ2) is 8.02. The van der Waals surface area contributed by atoms with Crippen LogP contribution in [0.15, 0.2) is 48.7 Å². The summed E-state index contributed by atoms with van der Waals surface area (Å²) in [5.41, 5.74) is 3.39. The average Bonchev–Trinajstić information content (AvgIpc) is 3.37. The molecule has 4 rings (SSSR count). The standard InChI is InChI=1S/C22H24FN3O2/c1-27-16-9-10-17(19(23)12-16)22-15(13-24-25-22)14-26-11-5-7-20(26)18-6-3-4-8-21(18)28-2/h3-4,6,8-10,12-13,20H,5,7,11,14H2,1-2H3,(H,24,25). The molecule has 0 amide bonds. The van der Waals surface area contributed by atoms with Crippen LogP contribution in [0, 0.1) is 5.82 Å². The Balaban J connectivity index is 1.61. The minimum absolute atomic E-state index is 0.277. The molecule has 1 aromatic heterocycles. The van der Waals surface area contributed by atoms with Gasteiger partial charge < -0.3 is 9.47 Å². The molecule has 1 saturated heterocycles. The summed E-state index contributed by atoms with van der Waals surface area (Å²) in [5, 5.41) is 7.15. The minimum Gasteiger partial charge on any atom is -0.497 e. The molecule has 0 bridgehead atoms. The molecular weight excluding hydrogens is 357 g/mol. The van der Waals surface area contributed by atoms with Crippen LogP contribution in [0.5, 0.6) is 11.5 Å². The number of H-pyrrole nitrogens is 1. The van der Waals surface area contributed by atoms with Gasteiger partial charge in [0.2, 0.25) is 0 Å². The van der Waals surface area contributed by atoms with Crippen molar-refractivity contribution in [3.63, 3.8) is 0 Å². The second-order valence-corrected chi connectivity index (χ2v) is 6.99. The van der Waals surface area contributed by atoms with E-state index in [1.807, 2.05) is 18.2 Å². The lowest BCUT2D eigenvalue weighted by atomic mass is 10.0. The van der Waals surface area contributed by atoms with E-state index in [-0.39, 0.29) is 11.9 Å². The fourth-order valence-corrected chi connectivity index (χ4v) is 4.02. The minimum atomic E-state index is -0.326. The molecule has 1 N–H and O–H groups in total. The first-order valence-electron chi connectivity index (χ1n) is 9.44. The van der Waals surface area contributed by atoms with Crippen LogP contribution in [0.4, 0.5) is 4.39 Å². The maximum Gasteiger partial charge on any atom is 0.136 e. The number of hydrogen-bond acceptors (Lipinski definition) is 4. The number of nitrogens with zero attached hydrogens (tertiary/aromatic N) is 2. The van der Waals surface area contributed by atoms with E-state index in [9.17, 15) is 4.39 Å². The van der Waals surface area contributed by atoms with Gasteiger partial charge in [0.25, 0.3) is 0 Å². The molecular formula is C22H24FN3O2. The maximum absolute atomic E-state index is 14.6. The maximum atomic E-state index is 14.6. The normalized spacial score (nSPS) is 17.0. The van der Waals surface area contributed by atoms with Gasteiger partial charge in [-0.25, -0.2) is 4.39 Å². The third-order valence-electron chi connectivity index (χ3n) is 5.40. The molecule has 2 heterocycles. The molecule has 0 aliphatic carbocycles. The number of aromatic amines is 1. The number of ether oxygens (including phenoxy) is 2. The summed E-state index contributed by atoms with van der Waals surface area (Å²) in [4.78, 5) is 2.41. The second-order valence-electron chi connectivity index (χ2n) is 6.99. The molecule has 3 aromatic rings. The summed E-state index contributed by atoms with van der Waals surface area (Å²) in [6.07, 6.45) is 3.98. The van der Waals surface area contributed by atoms with Crippen LogP contribution in [0.3, 0.4) is 0 Å². The van der Waals surface area contributed by atoms with Crippen molar-refractivity contribution in [2.45, 2.75) is 25.4 Å². The molecule has 0 spiro atoms. The van der Waals surface area contributed by atoms with Crippen molar-refractivity contribution in [3.8, 4) is 22.8 Å². The number of benzene rings is 2. The molecule has 1 aliphatic heterocycles. The Bertz CT molecular complexity index is 956. The van der Waals surface area contributed by atoms with Crippen molar-refractivity contribution in [3.05, 3.63) is 65.6 Å². The predicted molar refractivity (Wildman–Crippen MR) is 106 cm³/mol. The third kappa shape index (κ3) is 3.47. The predicted octanol–water partition coefficient (Wildman–Crippen LogP) is 4.57. The molecule has 5 nitrogen and oxygen atoms in total. The van der Waals surface area contributed by atoms with E-state index in [4.69, 9.17) is 9.47 Å². The number of rotatable bonds is 6. The summed E-state index contributed by atoms with van der Waals surface area (Å²) in [7, 11) is 3.24. The van der Waals surface area contributed by atoms with E-state index in [1.54, 1.807) is 25.4 Å². The molecule has 1 aliphatic rings.